The van der Waals surface area contributed by atoms with E-state index in [2.05, 4.69) is 44.8 Å². The van der Waals surface area contributed by atoms with Crippen molar-refractivity contribution in [2.45, 2.75) is 47.6 Å². The van der Waals surface area contributed by atoms with Crippen LogP contribution in [0, 0.1) is 5.92 Å². The third-order valence-electron chi connectivity index (χ3n) is 2.94. The summed E-state index contributed by atoms with van der Waals surface area (Å²) < 4.78 is 0. The molecule has 1 aromatic heterocycles. The number of thiazole rings is 1. The zero-order valence-corrected chi connectivity index (χ0v) is 13.2. The molecule has 0 aliphatic carbocycles. The molecule has 0 spiro atoms. The third-order valence-corrected chi connectivity index (χ3v) is 4.10. The minimum Gasteiger partial charge on any atom is -0.349 e. The summed E-state index contributed by atoms with van der Waals surface area (Å²) in [5, 5.41) is 4.60. The summed E-state index contributed by atoms with van der Waals surface area (Å²) in [5.74, 6) is 0.664. The van der Waals surface area contributed by atoms with E-state index >= 15 is 0 Å². The molecule has 0 unspecified atom stereocenters. The van der Waals surface area contributed by atoms with Crippen molar-refractivity contribution in [1.29, 1.82) is 0 Å². The van der Waals surface area contributed by atoms with Gasteiger partial charge in [0.2, 0.25) is 0 Å². The molecule has 18 heavy (non-hydrogen) atoms. The van der Waals surface area contributed by atoms with Gasteiger partial charge in [-0.2, -0.15) is 0 Å². The predicted molar refractivity (Wildman–Crippen MR) is 81.6 cm³/mol. The molecule has 1 N–H and O–H groups in total. The van der Waals surface area contributed by atoms with Crippen LogP contribution in [-0.2, 0) is 13.0 Å². The SMILES string of the molecule is CCNCc1sc(N(CC)CC)nc1CC(C)C. The highest BCUT2D eigenvalue weighted by molar-refractivity contribution is 7.15. The first kappa shape index (κ1) is 15.4. The number of nitrogens with zero attached hydrogens (tertiary/aromatic N) is 2. The number of nitrogens with one attached hydrogen (secondary N) is 1. The zero-order chi connectivity index (χ0) is 13.5. The van der Waals surface area contributed by atoms with E-state index in [1.165, 1.54) is 15.7 Å². The lowest BCUT2D eigenvalue weighted by Crippen LogP contribution is -2.21. The van der Waals surface area contributed by atoms with E-state index in [0.717, 1.165) is 32.6 Å². The predicted octanol–water partition coefficient (Wildman–Crippen LogP) is 3.30. The molecule has 3 nitrogen and oxygen atoms in total. The summed E-state index contributed by atoms with van der Waals surface area (Å²) in [4.78, 5) is 8.60. The lowest BCUT2D eigenvalue weighted by atomic mass is 10.1. The molecule has 4 heteroatoms. The van der Waals surface area contributed by atoms with E-state index in [9.17, 15) is 0 Å². The van der Waals surface area contributed by atoms with Crippen molar-refractivity contribution in [3.63, 3.8) is 0 Å². The molecule has 0 saturated carbocycles. The molecule has 1 rings (SSSR count). The lowest BCUT2D eigenvalue weighted by Gasteiger charge is -2.16. The summed E-state index contributed by atoms with van der Waals surface area (Å²) in [6.07, 6.45) is 1.08. The maximum absolute atomic E-state index is 4.85. The van der Waals surface area contributed by atoms with E-state index in [-0.39, 0.29) is 0 Å². The summed E-state index contributed by atoms with van der Waals surface area (Å²) in [6.45, 7) is 15.1. The molecule has 0 bridgehead atoms. The van der Waals surface area contributed by atoms with Crippen molar-refractivity contribution >= 4 is 16.5 Å². The van der Waals surface area contributed by atoms with Gasteiger partial charge in [0.1, 0.15) is 0 Å². The van der Waals surface area contributed by atoms with Gasteiger partial charge in [0.05, 0.1) is 5.69 Å². The van der Waals surface area contributed by atoms with E-state index in [1.807, 2.05) is 11.3 Å². The van der Waals surface area contributed by atoms with Gasteiger partial charge >= 0.3 is 0 Å². The Balaban J connectivity index is 2.90. The molecule has 0 saturated heterocycles. The second kappa shape index (κ2) is 7.74. The quantitative estimate of drug-likeness (QED) is 0.785. The Kier molecular flexibility index (Phi) is 6.65. The molecule has 0 fully saturated rings. The van der Waals surface area contributed by atoms with Crippen molar-refractivity contribution in [2.75, 3.05) is 24.5 Å². The average molecular weight is 269 g/mol. The van der Waals surface area contributed by atoms with E-state index < -0.39 is 0 Å². The lowest BCUT2D eigenvalue weighted by molar-refractivity contribution is 0.627. The molecule has 0 aromatic carbocycles. The van der Waals surface area contributed by atoms with Crippen LogP contribution in [0.1, 0.15) is 45.2 Å². The molecule has 104 valence electrons. The van der Waals surface area contributed by atoms with Crippen LogP contribution in [0.5, 0.6) is 0 Å². The first-order valence-corrected chi connectivity index (χ1v) is 7.88. The number of aromatic nitrogens is 1. The van der Waals surface area contributed by atoms with Crippen molar-refractivity contribution in [2.24, 2.45) is 5.92 Å². The second-order valence-electron chi connectivity index (χ2n) is 4.92. The van der Waals surface area contributed by atoms with Crippen LogP contribution in [0.25, 0.3) is 0 Å². The summed E-state index contributed by atoms with van der Waals surface area (Å²) >= 11 is 1.85. The number of hydrogen-bond donors (Lipinski definition) is 1. The van der Waals surface area contributed by atoms with E-state index in [0.29, 0.717) is 5.92 Å². The fourth-order valence-electron chi connectivity index (χ4n) is 1.92. The maximum atomic E-state index is 4.85. The van der Waals surface area contributed by atoms with Gasteiger partial charge in [0, 0.05) is 24.5 Å². The standard InChI is InChI=1S/C14H27N3S/c1-6-15-10-13-12(9-11(4)5)16-14(18-13)17(7-2)8-3/h11,15H,6-10H2,1-5H3. The minimum absolute atomic E-state index is 0.664. The van der Waals surface area contributed by atoms with Crippen LogP contribution < -0.4 is 10.2 Å². The van der Waals surface area contributed by atoms with Crippen LogP contribution >= 0.6 is 11.3 Å². The van der Waals surface area contributed by atoms with Gasteiger partial charge in [-0.25, -0.2) is 4.98 Å². The van der Waals surface area contributed by atoms with Crippen molar-refractivity contribution in [1.82, 2.24) is 10.3 Å². The first-order chi connectivity index (χ1) is 8.62. The van der Waals surface area contributed by atoms with Gasteiger partial charge < -0.3 is 10.2 Å². The summed E-state index contributed by atoms with van der Waals surface area (Å²) in [7, 11) is 0. The summed E-state index contributed by atoms with van der Waals surface area (Å²) in [6, 6.07) is 0. The number of anilines is 1. The number of hydrogen-bond acceptors (Lipinski definition) is 4. The monoisotopic (exact) mass is 269 g/mol. The molecule has 0 amide bonds. The highest BCUT2D eigenvalue weighted by Crippen LogP contribution is 2.27. The Morgan fingerprint density at radius 1 is 1.22 bits per heavy atom. The van der Waals surface area contributed by atoms with Crippen LogP contribution in [0.3, 0.4) is 0 Å². The van der Waals surface area contributed by atoms with Gasteiger partial charge in [-0.05, 0) is 32.7 Å². The second-order valence-corrected chi connectivity index (χ2v) is 5.98. The Morgan fingerprint density at radius 3 is 2.39 bits per heavy atom. The fourth-order valence-corrected chi connectivity index (χ4v) is 3.11. The Labute approximate surface area is 116 Å². The molecular weight excluding hydrogens is 242 g/mol. The molecule has 0 aliphatic rings. The first-order valence-electron chi connectivity index (χ1n) is 7.06. The van der Waals surface area contributed by atoms with Gasteiger partial charge in [-0.15, -0.1) is 11.3 Å². The highest BCUT2D eigenvalue weighted by atomic mass is 32.1. The normalized spacial score (nSPS) is 11.2. The van der Waals surface area contributed by atoms with Crippen molar-refractivity contribution in [3.8, 4) is 0 Å². The van der Waals surface area contributed by atoms with Crippen LogP contribution in [0.2, 0.25) is 0 Å². The molecule has 1 aromatic rings. The van der Waals surface area contributed by atoms with E-state index in [4.69, 9.17) is 4.98 Å². The molecule has 0 atom stereocenters. The largest absolute Gasteiger partial charge is 0.349 e. The van der Waals surface area contributed by atoms with Crippen LogP contribution in [-0.4, -0.2) is 24.6 Å². The smallest absolute Gasteiger partial charge is 0.185 e. The Bertz CT molecular complexity index is 343. The van der Waals surface area contributed by atoms with Crippen molar-refractivity contribution in [3.05, 3.63) is 10.6 Å². The van der Waals surface area contributed by atoms with Crippen LogP contribution in [0.4, 0.5) is 5.13 Å². The number of rotatable bonds is 8. The Morgan fingerprint density at radius 2 is 1.89 bits per heavy atom. The van der Waals surface area contributed by atoms with E-state index in [1.54, 1.807) is 0 Å². The van der Waals surface area contributed by atoms with Gasteiger partial charge in [-0.3, -0.25) is 0 Å². The van der Waals surface area contributed by atoms with Gasteiger partial charge in [0.15, 0.2) is 5.13 Å². The fraction of sp³-hybridized carbons (Fsp3) is 0.786. The molecule has 0 aliphatic heterocycles. The highest BCUT2D eigenvalue weighted by Gasteiger charge is 2.15. The Hall–Kier alpha value is -0.610. The topological polar surface area (TPSA) is 28.2 Å². The molecule has 0 radical (unpaired) electrons. The maximum Gasteiger partial charge on any atom is 0.185 e. The summed E-state index contributed by atoms with van der Waals surface area (Å²) in [5.41, 5.74) is 1.29. The van der Waals surface area contributed by atoms with Gasteiger partial charge in [0.25, 0.3) is 0 Å². The minimum atomic E-state index is 0.664. The molecular formula is C14H27N3S. The molecule has 1 heterocycles. The van der Waals surface area contributed by atoms with Gasteiger partial charge in [-0.1, -0.05) is 20.8 Å². The van der Waals surface area contributed by atoms with Crippen LogP contribution in [0.15, 0.2) is 0 Å². The third kappa shape index (κ3) is 4.25. The average Bonchev–Trinajstić information content (AvgIpc) is 2.70. The zero-order valence-electron chi connectivity index (χ0n) is 12.4. The van der Waals surface area contributed by atoms with Crippen molar-refractivity contribution < 1.29 is 0 Å².